The lowest BCUT2D eigenvalue weighted by atomic mass is 10.5. The molecule has 1 aromatic heterocycles. The Balaban J connectivity index is 2.97. The molecule has 1 heterocycles. The number of H-pyrrole nitrogens is 1. The van der Waals surface area contributed by atoms with E-state index in [2.05, 4.69) is 15.2 Å². The first-order chi connectivity index (χ1) is 5.59. The number of nitrogens with zero attached hydrogens (tertiary/aromatic N) is 2. The minimum atomic E-state index is -0.311. The van der Waals surface area contributed by atoms with Gasteiger partial charge in [-0.3, -0.25) is 14.6 Å². The van der Waals surface area contributed by atoms with Crippen LogP contribution in [0.2, 0.25) is 0 Å². The van der Waals surface area contributed by atoms with E-state index in [4.69, 9.17) is 0 Å². The molecule has 0 aromatic carbocycles. The number of nitrogens with one attached hydrogen (secondary N) is 1. The van der Waals surface area contributed by atoms with Crippen molar-refractivity contribution in [3.05, 3.63) is 16.0 Å². The number of thioether (sulfide) groups is 1. The summed E-state index contributed by atoms with van der Waals surface area (Å²) >= 11 is 0.853. The molecule has 6 heteroatoms. The molecule has 0 saturated heterocycles. The standard InChI is InChI=1S/C6H7N3O2S/c1-3-5(11)7-6(9-8-3)12-4(2)10/h1-2H3,(H,7,9,11). The lowest BCUT2D eigenvalue weighted by Gasteiger charge is -1.94. The normalized spacial score (nSPS) is 9.83. The second-order valence-electron chi connectivity index (χ2n) is 2.14. The predicted molar refractivity (Wildman–Crippen MR) is 43.9 cm³/mol. The van der Waals surface area contributed by atoms with E-state index in [1.165, 1.54) is 6.92 Å². The maximum atomic E-state index is 10.9. The zero-order valence-corrected chi connectivity index (χ0v) is 7.44. The molecular formula is C6H7N3O2S. The van der Waals surface area contributed by atoms with Crippen LogP contribution in [0.15, 0.2) is 9.95 Å². The molecule has 12 heavy (non-hydrogen) atoms. The van der Waals surface area contributed by atoms with Crippen molar-refractivity contribution in [3.63, 3.8) is 0 Å². The van der Waals surface area contributed by atoms with Crippen molar-refractivity contribution in [2.24, 2.45) is 0 Å². The van der Waals surface area contributed by atoms with Crippen molar-refractivity contribution in [1.29, 1.82) is 0 Å². The Labute approximate surface area is 72.6 Å². The molecule has 0 amide bonds. The number of hydrogen-bond acceptors (Lipinski definition) is 5. The third-order valence-corrected chi connectivity index (χ3v) is 1.74. The molecule has 0 saturated carbocycles. The van der Waals surface area contributed by atoms with Crippen LogP contribution in [0.25, 0.3) is 0 Å². The average Bonchev–Trinajstić information content (AvgIpc) is 1.96. The van der Waals surface area contributed by atoms with Gasteiger partial charge in [-0.2, -0.15) is 0 Å². The first-order valence-electron chi connectivity index (χ1n) is 3.21. The summed E-state index contributed by atoms with van der Waals surface area (Å²) in [5, 5.41) is 7.28. The minimum absolute atomic E-state index is 0.135. The van der Waals surface area contributed by atoms with Crippen molar-refractivity contribution in [1.82, 2.24) is 15.2 Å². The fourth-order valence-corrected chi connectivity index (χ4v) is 1.06. The van der Waals surface area contributed by atoms with Crippen LogP contribution in [0, 0.1) is 6.92 Å². The van der Waals surface area contributed by atoms with Crippen LogP contribution in [0.1, 0.15) is 12.6 Å². The van der Waals surface area contributed by atoms with Gasteiger partial charge in [0.15, 0.2) is 10.3 Å². The highest BCUT2D eigenvalue weighted by Gasteiger charge is 2.02. The predicted octanol–water partition coefficient (Wildman–Crippen LogP) is 0.112. The largest absolute Gasteiger partial charge is 0.298 e. The zero-order chi connectivity index (χ0) is 9.14. The van der Waals surface area contributed by atoms with E-state index >= 15 is 0 Å². The van der Waals surface area contributed by atoms with Gasteiger partial charge in [-0.25, -0.2) is 0 Å². The smallest absolute Gasteiger partial charge is 0.273 e. The van der Waals surface area contributed by atoms with Gasteiger partial charge < -0.3 is 0 Å². The summed E-state index contributed by atoms with van der Waals surface area (Å²) in [6.45, 7) is 2.94. The van der Waals surface area contributed by atoms with Gasteiger partial charge in [0, 0.05) is 6.92 Å². The van der Waals surface area contributed by atoms with Crippen LogP contribution in [0.3, 0.4) is 0 Å². The van der Waals surface area contributed by atoms with Crippen LogP contribution in [-0.2, 0) is 4.79 Å². The highest BCUT2D eigenvalue weighted by atomic mass is 32.2. The molecule has 1 aromatic rings. The Morgan fingerprint density at radius 3 is 2.67 bits per heavy atom. The van der Waals surface area contributed by atoms with Crippen LogP contribution in [0.5, 0.6) is 0 Å². The lowest BCUT2D eigenvalue weighted by Crippen LogP contribution is -2.14. The van der Waals surface area contributed by atoms with Gasteiger partial charge in [-0.05, 0) is 18.7 Å². The first kappa shape index (κ1) is 8.92. The molecule has 0 unspecified atom stereocenters. The van der Waals surface area contributed by atoms with E-state index in [1.54, 1.807) is 6.92 Å². The molecule has 0 aliphatic rings. The molecule has 0 aliphatic heterocycles. The Morgan fingerprint density at radius 1 is 1.50 bits per heavy atom. The molecule has 0 fully saturated rings. The molecule has 1 N–H and O–H groups in total. The fraction of sp³-hybridized carbons (Fsp3) is 0.333. The molecule has 64 valence electrons. The molecule has 1 rings (SSSR count). The maximum Gasteiger partial charge on any atom is 0.273 e. The lowest BCUT2D eigenvalue weighted by molar-refractivity contribution is -0.109. The highest BCUT2D eigenvalue weighted by Crippen LogP contribution is 2.09. The van der Waals surface area contributed by atoms with Crippen molar-refractivity contribution in [2.45, 2.75) is 19.0 Å². The fourth-order valence-electron chi connectivity index (χ4n) is 0.560. The summed E-state index contributed by atoms with van der Waals surface area (Å²) in [7, 11) is 0. The molecule has 0 atom stereocenters. The summed E-state index contributed by atoms with van der Waals surface area (Å²) < 4.78 is 0. The van der Waals surface area contributed by atoms with Crippen molar-refractivity contribution in [3.8, 4) is 0 Å². The summed E-state index contributed by atoms with van der Waals surface area (Å²) in [6, 6.07) is 0. The van der Waals surface area contributed by atoms with Crippen LogP contribution >= 0.6 is 11.8 Å². The van der Waals surface area contributed by atoms with Gasteiger partial charge in [-0.1, -0.05) is 0 Å². The Bertz CT molecular complexity index is 360. The van der Waals surface area contributed by atoms with E-state index in [1.807, 2.05) is 0 Å². The number of aromatic nitrogens is 3. The van der Waals surface area contributed by atoms with Crippen LogP contribution < -0.4 is 5.56 Å². The Kier molecular flexibility index (Phi) is 2.59. The van der Waals surface area contributed by atoms with E-state index in [9.17, 15) is 9.59 Å². The summed E-state index contributed by atoms with van der Waals surface area (Å²) in [5.74, 6) is 0. The second-order valence-corrected chi connectivity index (χ2v) is 3.30. The van der Waals surface area contributed by atoms with E-state index in [0.29, 0.717) is 5.69 Å². The number of hydrogen-bond donors (Lipinski definition) is 1. The van der Waals surface area contributed by atoms with Gasteiger partial charge in [0.1, 0.15) is 5.69 Å². The Morgan fingerprint density at radius 2 is 2.17 bits per heavy atom. The first-order valence-corrected chi connectivity index (χ1v) is 4.03. The van der Waals surface area contributed by atoms with Gasteiger partial charge in [0.25, 0.3) is 5.56 Å². The molecule has 0 radical (unpaired) electrons. The third-order valence-electron chi connectivity index (χ3n) is 1.08. The van der Waals surface area contributed by atoms with Gasteiger partial charge in [0.2, 0.25) is 0 Å². The van der Waals surface area contributed by atoms with E-state index in [-0.39, 0.29) is 15.8 Å². The monoisotopic (exact) mass is 185 g/mol. The molecular weight excluding hydrogens is 178 g/mol. The van der Waals surface area contributed by atoms with Crippen molar-refractivity contribution >= 4 is 16.9 Å². The number of carbonyl (C=O) groups excluding carboxylic acids is 1. The summed E-state index contributed by atoms with van der Waals surface area (Å²) in [5.41, 5.74) is -0.0170. The molecule has 5 nitrogen and oxygen atoms in total. The number of rotatable bonds is 1. The highest BCUT2D eigenvalue weighted by molar-refractivity contribution is 8.13. The number of carbonyl (C=O) groups is 1. The molecule has 0 spiro atoms. The quantitative estimate of drug-likeness (QED) is 0.628. The van der Waals surface area contributed by atoms with Crippen LogP contribution in [-0.4, -0.2) is 20.3 Å². The van der Waals surface area contributed by atoms with Gasteiger partial charge in [-0.15, -0.1) is 10.2 Å². The topological polar surface area (TPSA) is 75.7 Å². The maximum absolute atomic E-state index is 10.9. The van der Waals surface area contributed by atoms with Gasteiger partial charge in [0.05, 0.1) is 0 Å². The molecule has 0 bridgehead atoms. The zero-order valence-electron chi connectivity index (χ0n) is 6.62. The minimum Gasteiger partial charge on any atom is -0.298 e. The van der Waals surface area contributed by atoms with Crippen molar-refractivity contribution < 1.29 is 4.79 Å². The SMILES string of the molecule is CC(=O)Sc1nnc(C)c(=O)[nH]1. The van der Waals surface area contributed by atoms with Crippen molar-refractivity contribution in [2.75, 3.05) is 0 Å². The number of aryl methyl sites for hydroxylation is 1. The summed E-state index contributed by atoms with van der Waals surface area (Å²) in [4.78, 5) is 23.9. The van der Waals surface area contributed by atoms with E-state index in [0.717, 1.165) is 11.8 Å². The Hall–Kier alpha value is -1.17. The second kappa shape index (κ2) is 3.48. The number of aromatic amines is 1. The molecule has 0 aliphatic carbocycles. The average molecular weight is 185 g/mol. The van der Waals surface area contributed by atoms with Gasteiger partial charge >= 0.3 is 0 Å². The third kappa shape index (κ3) is 2.16. The van der Waals surface area contributed by atoms with E-state index < -0.39 is 0 Å². The summed E-state index contributed by atoms with van der Waals surface area (Å²) in [6.07, 6.45) is 0. The van der Waals surface area contributed by atoms with Crippen LogP contribution in [0.4, 0.5) is 0 Å².